The van der Waals surface area contributed by atoms with Crippen LogP contribution in [-0.4, -0.2) is 53.3 Å². The molecule has 1 fully saturated rings. The molecule has 2 rings (SSSR count). The molecule has 8 heteroatoms. The number of ketones is 1. The molecule has 0 bridgehead atoms. The third-order valence-corrected chi connectivity index (χ3v) is 5.47. The Hall–Kier alpha value is -1.28. The molecule has 0 saturated carbocycles. The van der Waals surface area contributed by atoms with Gasteiger partial charge in [-0.3, -0.25) is 4.79 Å². The van der Waals surface area contributed by atoms with E-state index in [0.717, 1.165) is 13.1 Å². The molecular formula is C11H18N4O3S. The average molecular weight is 286 g/mol. The van der Waals surface area contributed by atoms with Crippen molar-refractivity contribution in [2.75, 3.05) is 18.8 Å². The smallest absolute Gasteiger partial charge is 0.185 e. The molecule has 1 aliphatic heterocycles. The molecule has 1 N–H and O–H groups in total. The van der Waals surface area contributed by atoms with Gasteiger partial charge in [0.15, 0.2) is 15.6 Å². The maximum absolute atomic E-state index is 11.9. The van der Waals surface area contributed by atoms with Gasteiger partial charge in [-0.1, -0.05) is 5.21 Å². The normalized spacial score (nSPS) is 16.6. The van der Waals surface area contributed by atoms with E-state index in [1.807, 2.05) is 0 Å². The largest absolute Gasteiger partial charge is 0.312 e. The van der Waals surface area contributed by atoms with Crippen molar-refractivity contribution in [1.82, 2.24) is 20.3 Å². The van der Waals surface area contributed by atoms with Gasteiger partial charge in [0, 0.05) is 19.5 Å². The molecule has 0 aromatic carbocycles. The predicted octanol–water partition coefficient (Wildman–Crippen LogP) is -0.182. The standard InChI is InChI=1S/C11H18N4O3S/c1-8(2)19(17,18)4-3-11(16)10-7-15(14-13-10)9-5-12-6-9/h7-9,12H,3-6H2,1-2H3. The van der Waals surface area contributed by atoms with E-state index < -0.39 is 15.1 Å². The van der Waals surface area contributed by atoms with Gasteiger partial charge >= 0.3 is 0 Å². The number of carbonyl (C=O) groups is 1. The molecule has 0 aliphatic carbocycles. The van der Waals surface area contributed by atoms with Crippen molar-refractivity contribution in [1.29, 1.82) is 0 Å². The van der Waals surface area contributed by atoms with Gasteiger partial charge in [0.05, 0.1) is 23.2 Å². The molecule has 7 nitrogen and oxygen atoms in total. The van der Waals surface area contributed by atoms with Crippen molar-refractivity contribution >= 4 is 15.6 Å². The van der Waals surface area contributed by atoms with Crippen molar-refractivity contribution in [3.05, 3.63) is 11.9 Å². The Balaban J connectivity index is 1.94. The topological polar surface area (TPSA) is 94.0 Å². The summed E-state index contributed by atoms with van der Waals surface area (Å²) < 4.78 is 24.9. The van der Waals surface area contributed by atoms with Gasteiger partial charge in [0.2, 0.25) is 0 Å². The van der Waals surface area contributed by atoms with E-state index in [0.29, 0.717) is 0 Å². The second kappa shape index (κ2) is 5.38. The third-order valence-electron chi connectivity index (χ3n) is 3.26. The molecule has 1 saturated heterocycles. The SMILES string of the molecule is CC(C)S(=O)(=O)CCC(=O)c1cn(C2CNC2)nn1. The summed E-state index contributed by atoms with van der Waals surface area (Å²) in [5, 5.41) is 10.3. The van der Waals surface area contributed by atoms with Crippen molar-refractivity contribution in [3.63, 3.8) is 0 Å². The summed E-state index contributed by atoms with van der Waals surface area (Å²) >= 11 is 0. The number of nitrogens with zero attached hydrogens (tertiary/aromatic N) is 3. The molecule has 1 aromatic rings. The van der Waals surface area contributed by atoms with Crippen LogP contribution in [0.1, 0.15) is 36.8 Å². The summed E-state index contributed by atoms with van der Waals surface area (Å²) in [6.45, 7) is 4.86. The minimum atomic E-state index is -3.19. The first-order valence-corrected chi connectivity index (χ1v) is 7.99. The van der Waals surface area contributed by atoms with Crippen molar-refractivity contribution < 1.29 is 13.2 Å². The molecule has 106 valence electrons. The van der Waals surface area contributed by atoms with Crippen molar-refractivity contribution in [2.24, 2.45) is 0 Å². The number of aromatic nitrogens is 3. The Morgan fingerprint density at radius 3 is 2.74 bits per heavy atom. The van der Waals surface area contributed by atoms with Gasteiger partial charge in [-0.05, 0) is 13.8 Å². The zero-order chi connectivity index (χ0) is 14.0. The minimum absolute atomic E-state index is 0.0396. The second-order valence-electron chi connectivity index (χ2n) is 4.98. The zero-order valence-electron chi connectivity index (χ0n) is 11.0. The van der Waals surface area contributed by atoms with E-state index >= 15 is 0 Å². The van der Waals surface area contributed by atoms with Crippen LogP contribution in [0.3, 0.4) is 0 Å². The first-order chi connectivity index (χ1) is 8.90. The minimum Gasteiger partial charge on any atom is -0.312 e. The predicted molar refractivity (Wildman–Crippen MR) is 69.8 cm³/mol. The summed E-state index contributed by atoms with van der Waals surface area (Å²) in [7, 11) is -3.19. The third kappa shape index (κ3) is 3.19. The van der Waals surface area contributed by atoms with Crippen LogP contribution in [0.25, 0.3) is 0 Å². The maximum atomic E-state index is 11.9. The summed E-state index contributed by atoms with van der Waals surface area (Å²) in [6, 6.07) is 0.244. The molecule has 0 radical (unpaired) electrons. The number of sulfone groups is 1. The highest BCUT2D eigenvalue weighted by Crippen LogP contribution is 2.11. The van der Waals surface area contributed by atoms with Crippen LogP contribution in [0.5, 0.6) is 0 Å². The Labute approximate surface area is 112 Å². The van der Waals surface area contributed by atoms with Gasteiger partial charge in [-0.2, -0.15) is 0 Å². The van der Waals surface area contributed by atoms with Crippen LogP contribution in [0.2, 0.25) is 0 Å². The fourth-order valence-corrected chi connectivity index (χ4v) is 2.58. The molecule has 0 amide bonds. The molecule has 1 aliphatic rings. The molecule has 0 unspecified atom stereocenters. The number of nitrogens with one attached hydrogen (secondary N) is 1. The number of hydrogen-bond donors (Lipinski definition) is 1. The van der Waals surface area contributed by atoms with Crippen LogP contribution in [0.4, 0.5) is 0 Å². The lowest BCUT2D eigenvalue weighted by atomic mass is 10.2. The molecule has 2 heterocycles. The van der Waals surface area contributed by atoms with Gasteiger partial charge in [0.25, 0.3) is 0 Å². The fraction of sp³-hybridized carbons (Fsp3) is 0.727. The van der Waals surface area contributed by atoms with Crippen molar-refractivity contribution in [2.45, 2.75) is 31.6 Å². The van der Waals surface area contributed by atoms with Gasteiger partial charge in [0.1, 0.15) is 5.69 Å². The zero-order valence-corrected chi connectivity index (χ0v) is 11.9. The van der Waals surface area contributed by atoms with E-state index in [1.54, 1.807) is 24.7 Å². The fourth-order valence-electron chi connectivity index (χ4n) is 1.64. The lowest BCUT2D eigenvalue weighted by molar-refractivity contribution is 0.0984. The molecule has 19 heavy (non-hydrogen) atoms. The monoisotopic (exact) mass is 286 g/mol. The number of rotatable bonds is 6. The van der Waals surface area contributed by atoms with Crippen LogP contribution in [0, 0.1) is 0 Å². The van der Waals surface area contributed by atoms with Crippen LogP contribution >= 0.6 is 0 Å². The van der Waals surface area contributed by atoms with Crippen LogP contribution < -0.4 is 5.32 Å². The molecule has 0 atom stereocenters. The number of carbonyl (C=O) groups excluding carboxylic acids is 1. The lowest BCUT2D eigenvalue weighted by Crippen LogP contribution is -2.43. The Kier molecular flexibility index (Phi) is 4.00. The van der Waals surface area contributed by atoms with E-state index in [1.165, 1.54) is 0 Å². The van der Waals surface area contributed by atoms with E-state index in [2.05, 4.69) is 15.6 Å². The van der Waals surface area contributed by atoms with Crippen LogP contribution in [0.15, 0.2) is 6.20 Å². The average Bonchev–Trinajstić information content (AvgIpc) is 2.72. The van der Waals surface area contributed by atoms with E-state index in [9.17, 15) is 13.2 Å². The molecule has 0 spiro atoms. The van der Waals surface area contributed by atoms with Crippen molar-refractivity contribution in [3.8, 4) is 0 Å². The first-order valence-electron chi connectivity index (χ1n) is 6.27. The van der Waals surface area contributed by atoms with E-state index in [-0.39, 0.29) is 29.7 Å². The maximum Gasteiger partial charge on any atom is 0.185 e. The summed E-state index contributed by atoms with van der Waals surface area (Å²) in [6.07, 6.45) is 1.55. The highest BCUT2D eigenvalue weighted by Gasteiger charge is 2.23. The quantitative estimate of drug-likeness (QED) is 0.729. The van der Waals surface area contributed by atoms with Crippen LogP contribution in [-0.2, 0) is 9.84 Å². The highest BCUT2D eigenvalue weighted by atomic mass is 32.2. The van der Waals surface area contributed by atoms with Gasteiger partial charge in [-0.25, -0.2) is 13.1 Å². The van der Waals surface area contributed by atoms with Gasteiger partial charge in [-0.15, -0.1) is 5.10 Å². The Bertz CT molecular complexity index is 560. The highest BCUT2D eigenvalue weighted by molar-refractivity contribution is 7.91. The summed E-state index contributed by atoms with van der Waals surface area (Å²) in [4.78, 5) is 11.9. The Morgan fingerprint density at radius 2 is 2.21 bits per heavy atom. The summed E-state index contributed by atoms with van der Waals surface area (Å²) in [5.41, 5.74) is 0.242. The lowest BCUT2D eigenvalue weighted by Gasteiger charge is -2.26. The summed E-state index contributed by atoms with van der Waals surface area (Å²) in [5.74, 6) is -0.413. The Morgan fingerprint density at radius 1 is 1.53 bits per heavy atom. The number of Topliss-reactive ketones (excluding diaryl/α,β-unsaturated/α-hetero) is 1. The molecule has 1 aromatic heterocycles. The number of hydrogen-bond acceptors (Lipinski definition) is 6. The van der Waals surface area contributed by atoms with E-state index in [4.69, 9.17) is 0 Å². The van der Waals surface area contributed by atoms with Gasteiger partial charge < -0.3 is 5.32 Å². The first kappa shape index (κ1) is 14.1. The molecular weight excluding hydrogens is 268 g/mol. The second-order valence-corrected chi connectivity index (χ2v) is 7.66.